The zero-order chi connectivity index (χ0) is 26.0. The second-order valence-corrected chi connectivity index (χ2v) is 9.98. The van der Waals surface area contributed by atoms with E-state index in [1.54, 1.807) is 7.11 Å². The van der Waals surface area contributed by atoms with E-state index in [2.05, 4.69) is 45.8 Å². The Kier molecular flexibility index (Phi) is 7.89. The average molecular weight is 510 g/mol. The van der Waals surface area contributed by atoms with Gasteiger partial charge in [-0.05, 0) is 64.8 Å². The van der Waals surface area contributed by atoms with Gasteiger partial charge in [0.05, 0.1) is 12.1 Å². The number of ether oxygens (including phenoxy) is 2. The van der Waals surface area contributed by atoms with Crippen LogP contribution in [0.5, 0.6) is 5.75 Å². The van der Waals surface area contributed by atoms with Gasteiger partial charge in [-0.2, -0.15) is 0 Å². The zero-order valence-corrected chi connectivity index (χ0v) is 21.1. The smallest absolute Gasteiger partial charge is 0.406 e. The summed E-state index contributed by atoms with van der Waals surface area (Å²) in [6, 6.07) is 4.36. The lowest BCUT2D eigenvalue weighted by Gasteiger charge is -2.44. The minimum atomic E-state index is -4.81. The summed E-state index contributed by atoms with van der Waals surface area (Å²) < 4.78 is 47.7. The number of alkyl halides is 3. The molecule has 0 spiro atoms. The van der Waals surface area contributed by atoms with Crippen LogP contribution in [0.25, 0.3) is 10.9 Å². The Morgan fingerprint density at radius 3 is 2.69 bits per heavy atom. The number of hydrogen-bond donors (Lipinski definition) is 1. The van der Waals surface area contributed by atoms with Crippen molar-refractivity contribution in [3.8, 4) is 5.75 Å². The molecular weight excluding hydrogens is 475 g/mol. The van der Waals surface area contributed by atoms with Gasteiger partial charge >= 0.3 is 6.36 Å². The molecule has 1 aliphatic heterocycles. The van der Waals surface area contributed by atoms with Crippen LogP contribution in [-0.4, -0.2) is 83.5 Å². The lowest BCUT2D eigenvalue weighted by Crippen LogP contribution is -2.52. The number of benzene rings is 1. The fourth-order valence-corrected chi connectivity index (χ4v) is 5.50. The molecule has 1 aromatic carbocycles. The molecular formula is C25H34F3N5O3. The third kappa shape index (κ3) is 5.83. The van der Waals surface area contributed by atoms with Gasteiger partial charge in [-0.25, -0.2) is 9.97 Å². The monoisotopic (exact) mass is 509 g/mol. The van der Waals surface area contributed by atoms with Crippen molar-refractivity contribution < 1.29 is 27.4 Å². The van der Waals surface area contributed by atoms with E-state index in [1.165, 1.54) is 24.5 Å². The molecule has 2 aliphatic rings. The van der Waals surface area contributed by atoms with Gasteiger partial charge in [0.1, 0.15) is 23.9 Å². The Morgan fingerprint density at radius 1 is 1.22 bits per heavy atom. The van der Waals surface area contributed by atoms with Gasteiger partial charge in [0, 0.05) is 43.1 Å². The molecule has 0 radical (unpaired) electrons. The molecule has 1 saturated carbocycles. The third-order valence-electron chi connectivity index (χ3n) is 7.48. The van der Waals surface area contributed by atoms with Crippen LogP contribution in [0.15, 0.2) is 24.5 Å². The number of hydrogen-bond acceptors (Lipinski definition) is 7. The topological polar surface area (TPSA) is 79.8 Å². The molecule has 2 heterocycles. The van der Waals surface area contributed by atoms with Crippen LogP contribution in [0.3, 0.4) is 0 Å². The lowest BCUT2D eigenvalue weighted by molar-refractivity contribution is -0.274. The van der Waals surface area contributed by atoms with Crippen LogP contribution in [0, 0.1) is 5.92 Å². The summed E-state index contributed by atoms with van der Waals surface area (Å²) in [5.41, 5.74) is 0.456. The molecule has 1 amide bonds. The van der Waals surface area contributed by atoms with Crippen molar-refractivity contribution in [1.82, 2.24) is 19.8 Å². The summed E-state index contributed by atoms with van der Waals surface area (Å²) in [4.78, 5) is 26.2. The molecule has 1 aromatic heterocycles. The number of anilines is 1. The number of nitrogens with one attached hydrogen (secondary N) is 1. The first-order chi connectivity index (χ1) is 17.1. The molecule has 36 heavy (non-hydrogen) atoms. The van der Waals surface area contributed by atoms with Crippen molar-refractivity contribution in [3.05, 3.63) is 24.5 Å². The van der Waals surface area contributed by atoms with Crippen LogP contribution in [0.4, 0.5) is 19.0 Å². The second-order valence-electron chi connectivity index (χ2n) is 9.98. The highest BCUT2D eigenvalue weighted by atomic mass is 19.4. The van der Waals surface area contributed by atoms with Gasteiger partial charge in [0.2, 0.25) is 5.91 Å². The quantitative estimate of drug-likeness (QED) is 0.575. The molecule has 8 nitrogen and oxygen atoms in total. The van der Waals surface area contributed by atoms with E-state index in [1.807, 2.05) is 4.90 Å². The van der Waals surface area contributed by atoms with Crippen molar-refractivity contribution in [1.29, 1.82) is 0 Å². The van der Waals surface area contributed by atoms with Gasteiger partial charge in [-0.15, -0.1) is 13.2 Å². The summed E-state index contributed by atoms with van der Waals surface area (Å²) in [6.07, 6.45) is -0.0151. The van der Waals surface area contributed by atoms with Crippen LogP contribution >= 0.6 is 0 Å². The van der Waals surface area contributed by atoms with E-state index >= 15 is 0 Å². The van der Waals surface area contributed by atoms with E-state index < -0.39 is 12.4 Å². The van der Waals surface area contributed by atoms with Crippen molar-refractivity contribution >= 4 is 22.6 Å². The number of rotatable bonds is 8. The van der Waals surface area contributed by atoms with Gasteiger partial charge in [0.25, 0.3) is 0 Å². The molecule has 0 unspecified atom stereocenters. The highest BCUT2D eigenvalue weighted by Crippen LogP contribution is 2.35. The molecule has 4 atom stereocenters. The number of likely N-dealkylation sites (tertiary alicyclic amines) is 1. The fraction of sp³-hybridized carbons (Fsp3) is 0.640. The Balaban J connectivity index is 1.49. The molecule has 0 bridgehead atoms. The maximum absolute atomic E-state index is 13.5. The van der Waals surface area contributed by atoms with Gasteiger partial charge in [-0.1, -0.05) is 0 Å². The fourth-order valence-electron chi connectivity index (χ4n) is 5.50. The molecule has 1 saturated heterocycles. The molecule has 4 rings (SSSR count). The summed E-state index contributed by atoms with van der Waals surface area (Å²) in [5, 5.41) is 3.52. The number of carbonyl (C=O) groups excluding carboxylic acids is 1. The number of aromatic nitrogens is 2. The number of fused-ring (bicyclic) bond motifs is 1. The normalized spacial score (nSPS) is 25.2. The lowest BCUT2D eigenvalue weighted by atomic mass is 9.80. The van der Waals surface area contributed by atoms with Gasteiger partial charge in [0.15, 0.2) is 0 Å². The van der Waals surface area contributed by atoms with E-state index in [0.717, 1.165) is 19.3 Å². The SMILES string of the molecule is COC[C@H]1C[C@H](N(C)C(C)C)CC[C@@H]1N1CC[C@H](Nc2ncnc3ccc(OC(F)(F)F)cc23)C1=O. The van der Waals surface area contributed by atoms with E-state index in [0.29, 0.717) is 48.4 Å². The number of carbonyl (C=O) groups is 1. The number of amides is 1. The number of methoxy groups -OCH3 is 1. The minimum Gasteiger partial charge on any atom is -0.406 e. The van der Waals surface area contributed by atoms with Crippen molar-refractivity contribution in [2.45, 2.75) is 70.1 Å². The summed E-state index contributed by atoms with van der Waals surface area (Å²) in [7, 11) is 3.84. The Bertz CT molecular complexity index is 1070. The van der Waals surface area contributed by atoms with Gasteiger partial charge in [-0.3, -0.25) is 4.79 Å². The van der Waals surface area contributed by atoms with Gasteiger partial charge < -0.3 is 24.6 Å². The average Bonchev–Trinajstić information content (AvgIpc) is 3.17. The zero-order valence-electron chi connectivity index (χ0n) is 21.1. The standard InChI is InChI=1S/C25H34F3N5O3/c1-15(2)32(3)17-5-8-22(16(11-17)13-35-4)33-10-9-21(24(33)34)31-23-19-12-18(36-25(26,27)28)6-7-20(19)29-14-30-23/h6-7,12,14-17,21-22H,5,8-11,13H2,1-4H3,(H,29,30,31)/t16-,17-,21+,22+/m1/s1. The molecule has 1 aliphatic carbocycles. The number of halogens is 3. The van der Waals surface area contributed by atoms with E-state index in [-0.39, 0.29) is 23.6 Å². The van der Waals surface area contributed by atoms with E-state index in [9.17, 15) is 18.0 Å². The maximum atomic E-state index is 13.5. The first-order valence-corrected chi connectivity index (χ1v) is 12.4. The Labute approximate surface area is 209 Å². The molecule has 11 heteroatoms. The maximum Gasteiger partial charge on any atom is 0.573 e. The van der Waals surface area contributed by atoms with E-state index in [4.69, 9.17) is 4.74 Å². The van der Waals surface area contributed by atoms with Crippen molar-refractivity contribution in [2.24, 2.45) is 5.92 Å². The van der Waals surface area contributed by atoms with Crippen LogP contribution in [-0.2, 0) is 9.53 Å². The van der Waals surface area contributed by atoms with Crippen molar-refractivity contribution in [3.63, 3.8) is 0 Å². The summed E-state index contributed by atoms with van der Waals surface area (Å²) >= 11 is 0. The second kappa shape index (κ2) is 10.8. The first-order valence-electron chi connectivity index (χ1n) is 12.4. The predicted molar refractivity (Wildman–Crippen MR) is 130 cm³/mol. The van der Waals surface area contributed by atoms with Crippen LogP contribution in [0.2, 0.25) is 0 Å². The minimum absolute atomic E-state index is 0.0220. The first kappa shape index (κ1) is 26.4. The Morgan fingerprint density at radius 2 is 2.00 bits per heavy atom. The molecule has 1 N–H and O–H groups in total. The summed E-state index contributed by atoms with van der Waals surface area (Å²) in [6.45, 7) is 5.57. The predicted octanol–water partition coefficient (Wildman–Crippen LogP) is 4.07. The molecule has 2 aromatic rings. The third-order valence-corrected chi connectivity index (χ3v) is 7.48. The van der Waals surface area contributed by atoms with Crippen molar-refractivity contribution in [2.75, 3.05) is 32.6 Å². The van der Waals surface area contributed by atoms with Crippen LogP contribution < -0.4 is 10.1 Å². The largest absolute Gasteiger partial charge is 0.573 e. The molecule has 198 valence electrons. The summed E-state index contributed by atoms with van der Waals surface area (Å²) in [5.74, 6) is 0.159. The number of nitrogens with zero attached hydrogens (tertiary/aromatic N) is 4. The van der Waals surface area contributed by atoms with Crippen LogP contribution in [0.1, 0.15) is 39.5 Å². The highest BCUT2D eigenvalue weighted by Gasteiger charge is 2.42. The highest BCUT2D eigenvalue weighted by molar-refractivity contribution is 5.93. The molecule has 2 fully saturated rings. The Hall–Kier alpha value is -2.66.